The van der Waals surface area contributed by atoms with E-state index in [1.165, 1.54) is 5.56 Å². The predicted octanol–water partition coefficient (Wildman–Crippen LogP) is 5.17. The molecule has 3 aromatic heterocycles. The largest absolute Gasteiger partial charge is 0.339 e. The van der Waals surface area contributed by atoms with E-state index in [2.05, 4.69) is 51.4 Å². The summed E-state index contributed by atoms with van der Waals surface area (Å²) >= 11 is 0. The standard InChI is InChI=1S/C26H24N6O2/c1-17(2)18-7-9-19(10-8-18)26-30-25(34-31-26)14-13-24(33)29-20-11-12-23(27-15-20)32-16-28-21-5-3-4-6-22(21)32/h3-12,15-17H,13-14H2,1-2H3,(H,29,33). The molecule has 8 nitrogen and oxygen atoms in total. The van der Waals surface area contributed by atoms with Gasteiger partial charge in [0, 0.05) is 18.4 Å². The average molecular weight is 453 g/mol. The molecule has 3 heterocycles. The summed E-state index contributed by atoms with van der Waals surface area (Å²) in [7, 11) is 0. The minimum atomic E-state index is -0.149. The first-order valence-corrected chi connectivity index (χ1v) is 11.2. The molecule has 0 bridgehead atoms. The molecule has 2 aromatic carbocycles. The third kappa shape index (κ3) is 4.56. The summed E-state index contributed by atoms with van der Waals surface area (Å²) in [5, 5.41) is 6.90. The van der Waals surface area contributed by atoms with Crippen LogP contribution >= 0.6 is 0 Å². The lowest BCUT2D eigenvalue weighted by Gasteiger charge is -2.06. The number of hydrogen-bond acceptors (Lipinski definition) is 6. The smallest absolute Gasteiger partial charge is 0.227 e. The molecule has 0 aliphatic heterocycles. The molecule has 0 radical (unpaired) electrons. The van der Waals surface area contributed by atoms with Crippen molar-refractivity contribution in [2.45, 2.75) is 32.6 Å². The molecule has 8 heteroatoms. The minimum Gasteiger partial charge on any atom is -0.339 e. The molecule has 0 aliphatic rings. The van der Waals surface area contributed by atoms with Crippen molar-refractivity contribution in [3.8, 4) is 17.2 Å². The summed E-state index contributed by atoms with van der Waals surface area (Å²) in [5.74, 6) is 2.00. The fraction of sp³-hybridized carbons (Fsp3) is 0.192. The molecule has 34 heavy (non-hydrogen) atoms. The van der Waals surface area contributed by atoms with E-state index in [-0.39, 0.29) is 12.3 Å². The lowest BCUT2D eigenvalue weighted by Crippen LogP contribution is -2.12. The topological polar surface area (TPSA) is 98.7 Å². The van der Waals surface area contributed by atoms with E-state index in [4.69, 9.17) is 4.52 Å². The van der Waals surface area contributed by atoms with Gasteiger partial charge in [0.15, 0.2) is 0 Å². The number of pyridine rings is 1. The summed E-state index contributed by atoms with van der Waals surface area (Å²) in [6, 6.07) is 19.6. The van der Waals surface area contributed by atoms with Crippen LogP contribution in [0.2, 0.25) is 0 Å². The zero-order valence-electron chi connectivity index (χ0n) is 19.0. The van der Waals surface area contributed by atoms with Crippen molar-refractivity contribution < 1.29 is 9.32 Å². The van der Waals surface area contributed by atoms with Crippen LogP contribution in [0.25, 0.3) is 28.2 Å². The number of benzene rings is 2. The van der Waals surface area contributed by atoms with E-state index in [1.807, 2.05) is 53.1 Å². The van der Waals surface area contributed by atoms with Gasteiger partial charge in [-0.3, -0.25) is 9.36 Å². The number of nitrogens with one attached hydrogen (secondary N) is 1. The van der Waals surface area contributed by atoms with Gasteiger partial charge in [-0.2, -0.15) is 4.98 Å². The van der Waals surface area contributed by atoms with Gasteiger partial charge in [0.2, 0.25) is 17.6 Å². The van der Waals surface area contributed by atoms with Gasteiger partial charge in [0.25, 0.3) is 0 Å². The highest BCUT2D eigenvalue weighted by Crippen LogP contribution is 2.21. The van der Waals surface area contributed by atoms with Crippen molar-refractivity contribution in [2.24, 2.45) is 0 Å². The van der Waals surface area contributed by atoms with Gasteiger partial charge in [0.1, 0.15) is 12.1 Å². The fourth-order valence-electron chi connectivity index (χ4n) is 3.68. The van der Waals surface area contributed by atoms with Crippen LogP contribution in [0.5, 0.6) is 0 Å². The van der Waals surface area contributed by atoms with Gasteiger partial charge >= 0.3 is 0 Å². The number of rotatable bonds is 7. The van der Waals surface area contributed by atoms with Gasteiger partial charge in [-0.1, -0.05) is 55.4 Å². The van der Waals surface area contributed by atoms with Crippen LogP contribution in [-0.4, -0.2) is 30.6 Å². The maximum atomic E-state index is 12.4. The van der Waals surface area contributed by atoms with E-state index in [0.717, 1.165) is 22.4 Å². The van der Waals surface area contributed by atoms with Gasteiger partial charge < -0.3 is 9.84 Å². The van der Waals surface area contributed by atoms with Gasteiger partial charge in [-0.15, -0.1) is 0 Å². The Morgan fingerprint density at radius 2 is 1.85 bits per heavy atom. The first-order valence-electron chi connectivity index (χ1n) is 11.2. The third-order valence-electron chi connectivity index (χ3n) is 5.60. The molecule has 1 amide bonds. The van der Waals surface area contributed by atoms with E-state index in [9.17, 15) is 4.79 Å². The van der Waals surface area contributed by atoms with Gasteiger partial charge in [-0.25, -0.2) is 9.97 Å². The molecule has 170 valence electrons. The maximum absolute atomic E-state index is 12.4. The highest BCUT2D eigenvalue weighted by molar-refractivity contribution is 5.90. The Bertz CT molecular complexity index is 1420. The van der Waals surface area contributed by atoms with Crippen molar-refractivity contribution >= 4 is 22.6 Å². The number of carbonyl (C=O) groups excluding carboxylic acids is 1. The maximum Gasteiger partial charge on any atom is 0.227 e. The number of imidazole rings is 1. The number of nitrogens with zero attached hydrogens (tertiary/aromatic N) is 5. The monoisotopic (exact) mass is 452 g/mol. The van der Waals surface area contributed by atoms with Gasteiger partial charge in [-0.05, 0) is 35.7 Å². The van der Waals surface area contributed by atoms with E-state index < -0.39 is 0 Å². The zero-order valence-corrected chi connectivity index (χ0v) is 19.0. The van der Waals surface area contributed by atoms with Crippen LogP contribution in [0.3, 0.4) is 0 Å². The molecule has 0 fully saturated rings. The Hall–Kier alpha value is -4.33. The summed E-state index contributed by atoms with van der Waals surface area (Å²) in [4.78, 5) is 25.7. The highest BCUT2D eigenvalue weighted by atomic mass is 16.5. The molecular formula is C26H24N6O2. The summed E-state index contributed by atoms with van der Waals surface area (Å²) in [5.41, 5.74) is 4.64. The van der Waals surface area contributed by atoms with Crippen molar-refractivity contribution in [1.29, 1.82) is 0 Å². The Morgan fingerprint density at radius 3 is 2.62 bits per heavy atom. The van der Waals surface area contributed by atoms with Crippen LogP contribution in [0.1, 0.15) is 37.6 Å². The summed E-state index contributed by atoms with van der Waals surface area (Å²) in [6.07, 6.45) is 3.95. The van der Waals surface area contributed by atoms with Crippen molar-refractivity contribution in [1.82, 2.24) is 24.7 Å². The van der Waals surface area contributed by atoms with Crippen LogP contribution in [0, 0.1) is 0 Å². The Morgan fingerprint density at radius 1 is 1.03 bits per heavy atom. The lowest BCUT2D eigenvalue weighted by molar-refractivity contribution is -0.116. The summed E-state index contributed by atoms with van der Waals surface area (Å²) in [6.45, 7) is 4.30. The Kier molecular flexibility index (Phi) is 5.86. The zero-order chi connectivity index (χ0) is 23.5. The second-order valence-corrected chi connectivity index (χ2v) is 8.34. The normalized spacial score (nSPS) is 11.3. The molecule has 0 unspecified atom stereocenters. The number of carbonyl (C=O) groups is 1. The molecule has 0 spiro atoms. The predicted molar refractivity (Wildman–Crippen MR) is 130 cm³/mol. The number of para-hydroxylation sites is 2. The van der Waals surface area contributed by atoms with E-state index in [0.29, 0.717) is 29.7 Å². The number of hydrogen-bond donors (Lipinski definition) is 1. The van der Waals surface area contributed by atoms with Crippen LogP contribution in [-0.2, 0) is 11.2 Å². The Labute approximate surface area is 196 Å². The van der Waals surface area contributed by atoms with Gasteiger partial charge in [0.05, 0.1) is 22.9 Å². The first kappa shape index (κ1) is 21.5. The highest BCUT2D eigenvalue weighted by Gasteiger charge is 2.12. The van der Waals surface area contributed by atoms with Crippen LogP contribution in [0.4, 0.5) is 5.69 Å². The molecule has 0 saturated heterocycles. The second kappa shape index (κ2) is 9.27. The fourth-order valence-corrected chi connectivity index (χ4v) is 3.68. The van der Waals surface area contributed by atoms with Crippen LogP contribution < -0.4 is 5.32 Å². The number of anilines is 1. The average Bonchev–Trinajstić information content (AvgIpc) is 3.51. The molecule has 0 aliphatic carbocycles. The lowest BCUT2D eigenvalue weighted by atomic mass is 10.0. The van der Waals surface area contributed by atoms with E-state index in [1.54, 1.807) is 12.5 Å². The molecule has 0 saturated carbocycles. The molecule has 1 N–H and O–H groups in total. The molecular weight excluding hydrogens is 428 g/mol. The van der Waals surface area contributed by atoms with Crippen LogP contribution in [0.15, 0.2) is 77.7 Å². The second-order valence-electron chi connectivity index (χ2n) is 8.34. The SMILES string of the molecule is CC(C)c1ccc(-c2noc(CCC(=O)Nc3ccc(-n4cnc5ccccc54)nc3)n2)cc1. The number of amides is 1. The molecule has 5 aromatic rings. The quantitative estimate of drug-likeness (QED) is 0.366. The van der Waals surface area contributed by atoms with E-state index >= 15 is 0 Å². The number of aryl methyl sites for hydroxylation is 1. The molecule has 0 atom stereocenters. The number of aromatic nitrogens is 5. The molecule has 5 rings (SSSR count). The Balaban J connectivity index is 1.17. The van der Waals surface area contributed by atoms with Crippen molar-refractivity contribution in [3.05, 3.63) is 84.6 Å². The number of fused-ring (bicyclic) bond motifs is 1. The summed E-state index contributed by atoms with van der Waals surface area (Å²) < 4.78 is 7.23. The van der Waals surface area contributed by atoms with Crippen molar-refractivity contribution in [2.75, 3.05) is 5.32 Å². The minimum absolute atomic E-state index is 0.149. The van der Waals surface area contributed by atoms with Crippen molar-refractivity contribution in [3.63, 3.8) is 0 Å². The first-order chi connectivity index (χ1) is 16.6. The third-order valence-corrected chi connectivity index (χ3v) is 5.60.